The Bertz CT molecular complexity index is 411. The number of hydrogen-bond donors (Lipinski definition) is 1. The summed E-state index contributed by atoms with van der Waals surface area (Å²) in [5.41, 5.74) is 0.956. The van der Waals surface area contributed by atoms with Gasteiger partial charge in [-0.05, 0) is 46.8 Å². The molecule has 0 saturated carbocycles. The van der Waals surface area contributed by atoms with Crippen molar-refractivity contribution >= 4 is 33.2 Å². The van der Waals surface area contributed by atoms with E-state index in [9.17, 15) is 0 Å². The van der Waals surface area contributed by atoms with Crippen LogP contribution in [0.3, 0.4) is 0 Å². The number of rotatable bonds is 7. The lowest BCUT2D eigenvalue weighted by molar-refractivity contribution is 0.411. The molecule has 2 nitrogen and oxygen atoms in total. The van der Waals surface area contributed by atoms with Crippen LogP contribution < -0.4 is 10.1 Å². The van der Waals surface area contributed by atoms with E-state index in [-0.39, 0.29) is 0 Å². The third kappa shape index (κ3) is 4.88. The maximum atomic E-state index is 6.11. The van der Waals surface area contributed by atoms with Gasteiger partial charge in [0.2, 0.25) is 0 Å². The highest BCUT2D eigenvalue weighted by Crippen LogP contribution is 2.37. The number of methoxy groups -OCH3 is 1. The van der Waals surface area contributed by atoms with Crippen molar-refractivity contribution in [1.29, 1.82) is 0 Å². The molecule has 0 aromatic heterocycles. The molecule has 1 N–H and O–H groups in total. The zero-order chi connectivity index (χ0) is 14.4. The molecule has 0 aliphatic carbocycles. The van der Waals surface area contributed by atoms with E-state index in [4.69, 9.17) is 16.3 Å². The Morgan fingerprint density at radius 2 is 2.00 bits per heavy atom. The van der Waals surface area contributed by atoms with Crippen LogP contribution >= 0.6 is 27.5 Å². The highest BCUT2D eigenvalue weighted by molar-refractivity contribution is 9.10. The van der Waals surface area contributed by atoms with Gasteiger partial charge in [-0.15, -0.1) is 0 Å². The molecule has 0 aliphatic rings. The molecule has 2 atom stereocenters. The minimum absolute atomic E-state index is 0.439. The van der Waals surface area contributed by atoms with E-state index < -0.39 is 0 Å². The average molecular weight is 349 g/mol. The topological polar surface area (TPSA) is 21.3 Å². The summed E-state index contributed by atoms with van der Waals surface area (Å²) >= 11 is 9.60. The van der Waals surface area contributed by atoms with Crippen LogP contribution in [-0.2, 0) is 0 Å². The van der Waals surface area contributed by atoms with E-state index in [1.807, 2.05) is 12.1 Å². The molecule has 0 saturated heterocycles. The Balaban J connectivity index is 2.90. The van der Waals surface area contributed by atoms with Gasteiger partial charge < -0.3 is 10.1 Å². The first-order valence-electron chi connectivity index (χ1n) is 6.81. The number of benzene rings is 1. The lowest BCUT2D eigenvalue weighted by Gasteiger charge is -2.23. The van der Waals surface area contributed by atoms with E-state index in [1.165, 1.54) is 6.42 Å². The van der Waals surface area contributed by atoms with Crippen molar-refractivity contribution in [2.75, 3.05) is 12.4 Å². The third-order valence-electron chi connectivity index (χ3n) is 3.45. The standard InChI is InChI=1S/C15H23BrClNO/c1-5-10(3)7-12(6-2)18-14-9-11(17)8-13(16)15(14)19-4/h8-10,12,18H,5-7H2,1-4H3. The number of halogens is 2. The molecule has 2 unspecified atom stereocenters. The molecule has 1 rings (SSSR count). The Hall–Kier alpha value is -0.410. The predicted molar refractivity (Wildman–Crippen MR) is 87.5 cm³/mol. The Morgan fingerprint density at radius 1 is 1.32 bits per heavy atom. The molecule has 0 radical (unpaired) electrons. The largest absolute Gasteiger partial charge is 0.493 e. The summed E-state index contributed by atoms with van der Waals surface area (Å²) < 4.78 is 6.32. The van der Waals surface area contributed by atoms with Crippen LogP contribution in [0.25, 0.3) is 0 Å². The molecule has 19 heavy (non-hydrogen) atoms. The summed E-state index contributed by atoms with van der Waals surface area (Å²) in [6.07, 6.45) is 3.44. The second-order valence-corrected chi connectivity index (χ2v) is 6.26. The van der Waals surface area contributed by atoms with Crippen molar-refractivity contribution in [1.82, 2.24) is 0 Å². The molecule has 4 heteroatoms. The van der Waals surface area contributed by atoms with Crippen molar-refractivity contribution in [2.24, 2.45) is 5.92 Å². The third-order valence-corrected chi connectivity index (χ3v) is 4.26. The predicted octanol–water partition coefficient (Wildman–Crippen LogP) is 5.74. The van der Waals surface area contributed by atoms with Crippen molar-refractivity contribution in [3.8, 4) is 5.75 Å². The van der Waals surface area contributed by atoms with Gasteiger partial charge in [-0.1, -0.05) is 38.8 Å². The van der Waals surface area contributed by atoms with Crippen molar-refractivity contribution in [2.45, 2.75) is 46.1 Å². The van der Waals surface area contributed by atoms with Crippen LogP contribution in [0.5, 0.6) is 5.75 Å². The van der Waals surface area contributed by atoms with Gasteiger partial charge in [0, 0.05) is 11.1 Å². The van der Waals surface area contributed by atoms with E-state index >= 15 is 0 Å². The molecule has 0 bridgehead atoms. The fourth-order valence-corrected chi connectivity index (χ4v) is 3.05. The van der Waals surface area contributed by atoms with Gasteiger partial charge in [-0.25, -0.2) is 0 Å². The average Bonchev–Trinajstić information content (AvgIpc) is 2.37. The maximum Gasteiger partial charge on any atom is 0.156 e. The van der Waals surface area contributed by atoms with Crippen LogP contribution in [-0.4, -0.2) is 13.2 Å². The van der Waals surface area contributed by atoms with Gasteiger partial charge in [0.15, 0.2) is 5.75 Å². The summed E-state index contributed by atoms with van der Waals surface area (Å²) in [5, 5.41) is 4.26. The van der Waals surface area contributed by atoms with E-state index in [2.05, 4.69) is 42.0 Å². The summed E-state index contributed by atoms with van der Waals surface area (Å²) in [5.74, 6) is 1.53. The van der Waals surface area contributed by atoms with Gasteiger partial charge in [-0.3, -0.25) is 0 Å². The molecule has 1 aromatic rings. The molecule has 0 spiro atoms. The van der Waals surface area contributed by atoms with Crippen LogP contribution in [0.15, 0.2) is 16.6 Å². The number of anilines is 1. The number of ether oxygens (including phenoxy) is 1. The van der Waals surface area contributed by atoms with Crippen molar-refractivity contribution < 1.29 is 4.74 Å². The maximum absolute atomic E-state index is 6.11. The normalized spacial score (nSPS) is 14.0. The molecule has 0 aliphatic heterocycles. The first-order chi connectivity index (χ1) is 9.01. The van der Waals surface area contributed by atoms with Gasteiger partial charge in [0.05, 0.1) is 17.3 Å². The van der Waals surface area contributed by atoms with Gasteiger partial charge in [0.25, 0.3) is 0 Å². The molecule has 1 aromatic carbocycles. The first-order valence-corrected chi connectivity index (χ1v) is 7.98. The smallest absolute Gasteiger partial charge is 0.156 e. The lowest BCUT2D eigenvalue weighted by Crippen LogP contribution is -2.21. The summed E-state index contributed by atoms with van der Waals surface area (Å²) in [7, 11) is 1.68. The van der Waals surface area contributed by atoms with Crippen LogP contribution in [0.2, 0.25) is 5.02 Å². The molecular formula is C15H23BrClNO. The van der Waals surface area contributed by atoms with Crippen molar-refractivity contribution in [3.63, 3.8) is 0 Å². The highest BCUT2D eigenvalue weighted by atomic mass is 79.9. The van der Waals surface area contributed by atoms with E-state index in [0.717, 1.165) is 28.8 Å². The van der Waals surface area contributed by atoms with E-state index in [0.29, 0.717) is 17.0 Å². The fraction of sp³-hybridized carbons (Fsp3) is 0.600. The molecular weight excluding hydrogens is 326 g/mol. The van der Waals surface area contributed by atoms with Gasteiger partial charge in [-0.2, -0.15) is 0 Å². The second kappa shape index (κ2) is 8.01. The summed E-state index contributed by atoms with van der Waals surface area (Å²) in [6.45, 7) is 6.72. The zero-order valence-electron chi connectivity index (χ0n) is 12.1. The van der Waals surface area contributed by atoms with Crippen molar-refractivity contribution in [3.05, 3.63) is 21.6 Å². The van der Waals surface area contributed by atoms with E-state index in [1.54, 1.807) is 7.11 Å². The molecule has 0 fully saturated rings. The Labute approximate surface area is 130 Å². The zero-order valence-corrected chi connectivity index (χ0v) is 14.4. The Kier molecular flexibility index (Phi) is 7.01. The van der Waals surface area contributed by atoms with Gasteiger partial charge in [0.1, 0.15) is 0 Å². The SMILES string of the molecule is CCC(C)CC(CC)Nc1cc(Cl)cc(Br)c1OC. The number of hydrogen-bond acceptors (Lipinski definition) is 2. The Morgan fingerprint density at radius 3 is 2.53 bits per heavy atom. The molecule has 0 heterocycles. The molecule has 108 valence electrons. The minimum atomic E-state index is 0.439. The van der Waals surface area contributed by atoms with Crippen LogP contribution in [0.1, 0.15) is 40.0 Å². The minimum Gasteiger partial charge on any atom is -0.493 e. The monoisotopic (exact) mass is 347 g/mol. The first kappa shape index (κ1) is 16.6. The van der Waals surface area contributed by atoms with Crippen LogP contribution in [0, 0.1) is 5.92 Å². The summed E-state index contributed by atoms with van der Waals surface area (Å²) in [6, 6.07) is 4.21. The summed E-state index contributed by atoms with van der Waals surface area (Å²) in [4.78, 5) is 0. The molecule has 0 amide bonds. The number of nitrogens with one attached hydrogen (secondary N) is 1. The fourth-order valence-electron chi connectivity index (χ4n) is 2.07. The van der Waals surface area contributed by atoms with Gasteiger partial charge >= 0.3 is 0 Å². The quantitative estimate of drug-likeness (QED) is 0.678. The highest BCUT2D eigenvalue weighted by Gasteiger charge is 2.15. The lowest BCUT2D eigenvalue weighted by atomic mass is 9.97. The second-order valence-electron chi connectivity index (χ2n) is 4.97. The van der Waals surface area contributed by atoms with Crippen LogP contribution in [0.4, 0.5) is 5.69 Å².